The lowest BCUT2D eigenvalue weighted by molar-refractivity contribution is -0.131. The molecule has 1 rings (SSSR count). The minimum absolute atomic E-state index is 0.0833. The van der Waals surface area contributed by atoms with E-state index in [-0.39, 0.29) is 11.1 Å². The van der Waals surface area contributed by atoms with Gasteiger partial charge in [-0.1, -0.05) is 6.08 Å². The number of aliphatic carboxylic acids is 1. The summed E-state index contributed by atoms with van der Waals surface area (Å²) >= 11 is 0. The third-order valence-electron chi connectivity index (χ3n) is 1.69. The van der Waals surface area contributed by atoms with Crippen LogP contribution in [0, 0.1) is 0 Å². The molecule has 0 fully saturated rings. The van der Waals surface area contributed by atoms with Gasteiger partial charge in [0, 0.05) is 6.08 Å². The number of carboxylic acid groups (broad SMARTS) is 3. The molecule has 0 saturated heterocycles. The number of benzene rings is 1. The van der Waals surface area contributed by atoms with Crippen molar-refractivity contribution in [2.45, 2.75) is 6.92 Å². The van der Waals surface area contributed by atoms with E-state index in [0.29, 0.717) is 0 Å². The molecule has 0 aliphatic carbocycles. The van der Waals surface area contributed by atoms with Gasteiger partial charge in [-0.05, 0) is 31.2 Å². The van der Waals surface area contributed by atoms with Gasteiger partial charge in [0.25, 0.3) is 0 Å². The summed E-state index contributed by atoms with van der Waals surface area (Å²) in [6, 6.07) is 5.02. The van der Waals surface area contributed by atoms with Gasteiger partial charge in [0.05, 0.1) is 11.1 Å². The normalized spacial score (nSPS) is 9.39. The molecule has 0 saturated carbocycles. The van der Waals surface area contributed by atoms with Gasteiger partial charge in [-0.2, -0.15) is 0 Å². The summed E-state index contributed by atoms with van der Waals surface area (Å²) in [4.78, 5) is 30.2. The Morgan fingerprint density at radius 3 is 1.33 bits per heavy atom. The number of carbonyl (C=O) groups is 3. The molecule has 0 atom stereocenters. The summed E-state index contributed by atoms with van der Waals surface area (Å²) in [6.07, 6.45) is 2.56. The first-order valence-electron chi connectivity index (χ1n) is 4.80. The molecule has 0 radical (unpaired) electrons. The summed E-state index contributed by atoms with van der Waals surface area (Å²) in [5, 5.41) is 24.8. The van der Waals surface area contributed by atoms with E-state index < -0.39 is 17.9 Å². The molecule has 0 unspecified atom stereocenters. The highest BCUT2D eigenvalue weighted by molar-refractivity contribution is 5.91. The van der Waals surface area contributed by atoms with E-state index in [1.807, 2.05) is 0 Å². The van der Waals surface area contributed by atoms with Crippen LogP contribution in [-0.2, 0) is 4.79 Å². The fourth-order valence-electron chi connectivity index (χ4n) is 0.898. The van der Waals surface area contributed by atoms with Crippen LogP contribution in [-0.4, -0.2) is 33.2 Å². The molecular weight excluding hydrogens is 240 g/mol. The molecule has 0 amide bonds. The monoisotopic (exact) mass is 252 g/mol. The van der Waals surface area contributed by atoms with Crippen LogP contribution in [0.3, 0.4) is 0 Å². The van der Waals surface area contributed by atoms with Gasteiger partial charge in [0.15, 0.2) is 0 Å². The molecule has 6 nitrogen and oxygen atoms in total. The lowest BCUT2D eigenvalue weighted by Gasteiger charge is -1.94. The minimum atomic E-state index is -1.06. The number of aromatic carboxylic acids is 2. The van der Waals surface area contributed by atoms with Gasteiger partial charge in [0.1, 0.15) is 0 Å². The van der Waals surface area contributed by atoms with Crippen molar-refractivity contribution in [2.24, 2.45) is 0 Å². The van der Waals surface area contributed by atoms with Crippen molar-refractivity contribution in [3.63, 3.8) is 0 Å². The fraction of sp³-hybridized carbons (Fsp3) is 0.0833. The van der Waals surface area contributed by atoms with Crippen LogP contribution in [0.4, 0.5) is 0 Å². The first kappa shape index (κ1) is 15.4. The van der Waals surface area contributed by atoms with E-state index in [9.17, 15) is 14.4 Å². The Morgan fingerprint density at radius 1 is 0.889 bits per heavy atom. The van der Waals surface area contributed by atoms with E-state index in [2.05, 4.69) is 0 Å². The van der Waals surface area contributed by atoms with Gasteiger partial charge >= 0.3 is 17.9 Å². The zero-order valence-corrected chi connectivity index (χ0v) is 9.53. The molecular formula is C12H12O6. The molecule has 0 aliphatic heterocycles. The molecule has 96 valence electrons. The molecule has 0 spiro atoms. The van der Waals surface area contributed by atoms with Crippen LogP contribution < -0.4 is 0 Å². The third-order valence-corrected chi connectivity index (χ3v) is 1.69. The summed E-state index contributed by atoms with van der Waals surface area (Å²) in [5.74, 6) is -3.02. The van der Waals surface area contributed by atoms with Gasteiger partial charge in [-0.15, -0.1) is 0 Å². The van der Waals surface area contributed by atoms with Crippen molar-refractivity contribution in [3.05, 3.63) is 47.5 Å². The van der Waals surface area contributed by atoms with Crippen LogP contribution >= 0.6 is 0 Å². The molecule has 1 aromatic rings. The second-order valence-electron chi connectivity index (χ2n) is 3.03. The van der Waals surface area contributed by atoms with Crippen molar-refractivity contribution < 1.29 is 29.7 Å². The van der Waals surface area contributed by atoms with Crippen molar-refractivity contribution in [3.8, 4) is 0 Å². The molecule has 18 heavy (non-hydrogen) atoms. The van der Waals surface area contributed by atoms with Crippen LogP contribution in [0.5, 0.6) is 0 Å². The zero-order valence-electron chi connectivity index (χ0n) is 9.53. The van der Waals surface area contributed by atoms with E-state index >= 15 is 0 Å². The Labute approximate surface area is 103 Å². The van der Waals surface area contributed by atoms with Crippen LogP contribution in [0.15, 0.2) is 36.4 Å². The lowest BCUT2D eigenvalue weighted by atomic mass is 10.1. The first-order chi connectivity index (χ1) is 8.38. The predicted molar refractivity (Wildman–Crippen MR) is 62.8 cm³/mol. The largest absolute Gasteiger partial charge is 0.478 e. The van der Waals surface area contributed by atoms with Crippen LogP contribution in [0.1, 0.15) is 27.6 Å². The van der Waals surface area contributed by atoms with Crippen LogP contribution in [0.25, 0.3) is 0 Å². The van der Waals surface area contributed by atoms with E-state index in [1.54, 1.807) is 6.92 Å². The third kappa shape index (κ3) is 6.06. The van der Waals surface area contributed by atoms with Crippen molar-refractivity contribution in [2.75, 3.05) is 0 Å². The van der Waals surface area contributed by atoms with E-state index in [1.165, 1.54) is 30.3 Å². The maximum Gasteiger partial charge on any atom is 0.335 e. The minimum Gasteiger partial charge on any atom is -0.478 e. The Hall–Kier alpha value is -2.63. The van der Waals surface area contributed by atoms with E-state index in [0.717, 1.165) is 6.08 Å². The Balaban J connectivity index is 0.000000411. The van der Waals surface area contributed by atoms with Crippen molar-refractivity contribution in [1.29, 1.82) is 0 Å². The molecule has 0 aromatic heterocycles. The smallest absolute Gasteiger partial charge is 0.335 e. The molecule has 1 aromatic carbocycles. The highest BCUT2D eigenvalue weighted by Crippen LogP contribution is 2.03. The maximum absolute atomic E-state index is 10.3. The summed E-state index contributed by atoms with van der Waals surface area (Å²) < 4.78 is 0. The second kappa shape index (κ2) is 7.61. The average molecular weight is 252 g/mol. The SMILES string of the molecule is CC=CC(=O)O.O=C(O)c1ccc(C(=O)O)cc1. The van der Waals surface area contributed by atoms with Crippen LogP contribution in [0.2, 0.25) is 0 Å². The van der Waals surface area contributed by atoms with Gasteiger partial charge in [0.2, 0.25) is 0 Å². The lowest BCUT2D eigenvalue weighted by Crippen LogP contribution is -1.99. The number of rotatable bonds is 3. The number of carboxylic acids is 3. The first-order valence-corrected chi connectivity index (χ1v) is 4.80. The van der Waals surface area contributed by atoms with Gasteiger partial charge in [-0.25, -0.2) is 14.4 Å². The fourth-order valence-corrected chi connectivity index (χ4v) is 0.898. The van der Waals surface area contributed by atoms with Gasteiger partial charge < -0.3 is 15.3 Å². The second-order valence-corrected chi connectivity index (χ2v) is 3.03. The standard InChI is InChI=1S/C8H6O4.C4H6O2/c9-7(10)5-1-2-6(4-3-5)8(11)12;1-2-3-4(5)6/h1-4H,(H,9,10)(H,11,12);2-3H,1H3,(H,5,6). The molecule has 0 heterocycles. The number of hydrogen-bond acceptors (Lipinski definition) is 3. The highest BCUT2D eigenvalue weighted by Gasteiger charge is 2.04. The number of hydrogen-bond donors (Lipinski definition) is 3. The number of allylic oxidation sites excluding steroid dienone is 1. The van der Waals surface area contributed by atoms with Crippen molar-refractivity contribution in [1.82, 2.24) is 0 Å². The summed E-state index contributed by atoms with van der Waals surface area (Å²) in [6.45, 7) is 1.66. The summed E-state index contributed by atoms with van der Waals surface area (Å²) in [5.41, 5.74) is 0.167. The molecule has 6 heteroatoms. The summed E-state index contributed by atoms with van der Waals surface area (Å²) in [7, 11) is 0. The Bertz CT molecular complexity index is 425. The molecule has 3 N–H and O–H groups in total. The quantitative estimate of drug-likeness (QED) is 0.706. The Kier molecular flexibility index (Phi) is 6.50. The average Bonchev–Trinajstić information content (AvgIpc) is 2.29. The Morgan fingerprint density at radius 2 is 1.22 bits per heavy atom. The zero-order chi connectivity index (χ0) is 14.1. The van der Waals surface area contributed by atoms with E-state index in [4.69, 9.17) is 15.3 Å². The topological polar surface area (TPSA) is 112 Å². The molecule has 0 bridgehead atoms. The maximum atomic E-state index is 10.3. The van der Waals surface area contributed by atoms with Crippen molar-refractivity contribution >= 4 is 17.9 Å². The molecule has 0 aliphatic rings. The van der Waals surface area contributed by atoms with Gasteiger partial charge in [-0.3, -0.25) is 0 Å². The highest BCUT2D eigenvalue weighted by atomic mass is 16.4. The predicted octanol–water partition coefficient (Wildman–Crippen LogP) is 1.73.